The SMILES string of the molecule is COCCNCCn1nnnc1SCCCC(C)(C)C#N. The summed E-state index contributed by atoms with van der Waals surface area (Å²) in [5.74, 6) is 0.919. The van der Waals surface area contributed by atoms with E-state index in [1.54, 1.807) is 23.6 Å². The lowest BCUT2D eigenvalue weighted by Crippen LogP contribution is -2.24. The van der Waals surface area contributed by atoms with E-state index in [0.29, 0.717) is 6.61 Å². The lowest BCUT2D eigenvalue weighted by Gasteiger charge is -2.13. The van der Waals surface area contributed by atoms with Gasteiger partial charge in [-0.3, -0.25) is 0 Å². The standard InChI is InChI=1S/C13H24N6OS/c1-13(2,11-14)5-4-10-21-12-16-17-18-19(12)8-6-15-7-9-20-3/h15H,4-10H2,1-3H3. The van der Waals surface area contributed by atoms with E-state index in [-0.39, 0.29) is 5.41 Å². The van der Waals surface area contributed by atoms with E-state index >= 15 is 0 Å². The molecule has 8 heteroatoms. The van der Waals surface area contributed by atoms with Gasteiger partial charge < -0.3 is 10.1 Å². The maximum Gasteiger partial charge on any atom is 0.209 e. The molecule has 0 aliphatic rings. The summed E-state index contributed by atoms with van der Waals surface area (Å²) < 4.78 is 6.77. The summed E-state index contributed by atoms with van der Waals surface area (Å²) in [7, 11) is 1.69. The Bertz CT molecular complexity index is 442. The molecule has 0 aliphatic heterocycles. The molecule has 0 unspecified atom stereocenters. The normalized spacial score (nSPS) is 11.5. The molecular formula is C13H24N6OS. The molecule has 0 radical (unpaired) electrons. The zero-order chi connectivity index (χ0) is 15.6. The monoisotopic (exact) mass is 312 g/mol. The first-order valence-corrected chi connectivity index (χ1v) is 8.07. The van der Waals surface area contributed by atoms with Crippen molar-refractivity contribution in [2.24, 2.45) is 5.41 Å². The minimum Gasteiger partial charge on any atom is -0.383 e. The summed E-state index contributed by atoms with van der Waals surface area (Å²) >= 11 is 1.64. The molecule has 0 saturated carbocycles. The lowest BCUT2D eigenvalue weighted by atomic mass is 9.90. The summed E-state index contributed by atoms with van der Waals surface area (Å²) in [5.41, 5.74) is -0.252. The summed E-state index contributed by atoms with van der Waals surface area (Å²) in [5, 5.41) is 24.8. The summed E-state index contributed by atoms with van der Waals surface area (Å²) in [6.07, 6.45) is 1.86. The summed E-state index contributed by atoms with van der Waals surface area (Å²) in [6.45, 7) is 7.00. The first kappa shape index (κ1) is 17.9. The highest BCUT2D eigenvalue weighted by Gasteiger charge is 2.16. The molecule has 0 aromatic carbocycles. The molecule has 1 aromatic rings. The molecule has 0 amide bonds. The van der Waals surface area contributed by atoms with Crippen LogP contribution >= 0.6 is 11.8 Å². The lowest BCUT2D eigenvalue weighted by molar-refractivity contribution is 0.199. The van der Waals surface area contributed by atoms with Crippen LogP contribution in [0.2, 0.25) is 0 Å². The van der Waals surface area contributed by atoms with E-state index in [9.17, 15) is 0 Å². The largest absolute Gasteiger partial charge is 0.383 e. The molecule has 21 heavy (non-hydrogen) atoms. The fourth-order valence-corrected chi connectivity index (χ4v) is 2.50. The Morgan fingerprint density at radius 3 is 2.95 bits per heavy atom. The molecular weight excluding hydrogens is 288 g/mol. The van der Waals surface area contributed by atoms with Crippen LogP contribution in [0.15, 0.2) is 5.16 Å². The first-order chi connectivity index (χ1) is 10.1. The third-order valence-electron chi connectivity index (χ3n) is 2.96. The van der Waals surface area contributed by atoms with Gasteiger partial charge in [0.05, 0.1) is 24.6 Å². The molecule has 1 aromatic heterocycles. The van der Waals surface area contributed by atoms with Crippen LogP contribution in [0, 0.1) is 16.7 Å². The van der Waals surface area contributed by atoms with Crippen molar-refractivity contribution in [2.45, 2.75) is 38.4 Å². The Kier molecular flexibility index (Phi) is 8.27. The van der Waals surface area contributed by atoms with Crippen LogP contribution in [0.4, 0.5) is 0 Å². The van der Waals surface area contributed by atoms with E-state index < -0.39 is 0 Å². The van der Waals surface area contributed by atoms with Crippen molar-refractivity contribution < 1.29 is 4.74 Å². The van der Waals surface area contributed by atoms with Crippen LogP contribution in [-0.2, 0) is 11.3 Å². The van der Waals surface area contributed by atoms with E-state index in [1.165, 1.54) is 0 Å². The van der Waals surface area contributed by atoms with E-state index in [4.69, 9.17) is 10.00 Å². The third-order valence-corrected chi connectivity index (χ3v) is 4.01. The number of aromatic nitrogens is 4. The molecule has 7 nitrogen and oxygen atoms in total. The Balaban J connectivity index is 2.24. The van der Waals surface area contributed by atoms with Crippen LogP contribution in [-0.4, -0.2) is 52.8 Å². The molecule has 1 rings (SSSR count). The Morgan fingerprint density at radius 1 is 1.43 bits per heavy atom. The van der Waals surface area contributed by atoms with Gasteiger partial charge in [-0.2, -0.15) is 5.26 Å². The number of hydrogen-bond acceptors (Lipinski definition) is 7. The van der Waals surface area contributed by atoms with Gasteiger partial charge in [0, 0.05) is 26.0 Å². The van der Waals surface area contributed by atoms with Crippen molar-refractivity contribution in [2.75, 3.05) is 32.6 Å². The van der Waals surface area contributed by atoms with Gasteiger partial charge in [-0.05, 0) is 37.1 Å². The zero-order valence-electron chi connectivity index (χ0n) is 13.0. The van der Waals surface area contributed by atoms with E-state index in [2.05, 4.69) is 26.9 Å². The smallest absolute Gasteiger partial charge is 0.209 e. The Hall–Kier alpha value is -1.17. The molecule has 0 spiro atoms. The van der Waals surface area contributed by atoms with Crippen molar-refractivity contribution in [1.29, 1.82) is 5.26 Å². The minimum absolute atomic E-state index is 0.252. The summed E-state index contributed by atoms with van der Waals surface area (Å²) in [6, 6.07) is 2.32. The van der Waals surface area contributed by atoms with Gasteiger partial charge >= 0.3 is 0 Å². The number of tetrazole rings is 1. The fourth-order valence-electron chi connectivity index (χ4n) is 1.66. The molecule has 0 fully saturated rings. The Labute approximate surface area is 130 Å². The average molecular weight is 312 g/mol. The van der Waals surface area contributed by atoms with Crippen molar-refractivity contribution in [3.05, 3.63) is 0 Å². The maximum absolute atomic E-state index is 8.97. The van der Waals surface area contributed by atoms with Crippen LogP contribution in [0.1, 0.15) is 26.7 Å². The van der Waals surface area contributed by atoms with E-state index in [0.717, 1.165) is 43.4 Å². The van der Waals surface area contributed by atoms with Crippen molar-refractivity contribution in [3.8, 4) is 6.07 Å². The number of nitrogens with zero attached hydrogens (tertiary/aromatic N) is 5. The van der Waals surface area contributed by atoms with Crippen LogP contribution in [0.3, 0.4) is 0 Å². The van der Waals surface area contributed by atoms with Crippen molar-refractivity contribution in [1.82, 2.24) is 25.5 Å². The van der Waals surface area contributed by atoms with Gasteiger partial charge in [0.15, 0.2) is 0 Å². The predicted molar refractivity (Wildman–Crippen MR) is 81.9 cm³/mol. The van der Waals surface area contributed by atoms with Gasteiger partial charge in [-0.1, -0.05) is 11.8 Å². The zero-order valence-corrected chi connectivity index (χ0v) is 13.8. The second kappa shape index (κ2) is 9.71. The molecule has 1 N–H and O–H groups in total. The number of thioether (sulfide) groups is 1. The third kappa shape index (κ3) is 7.41. The second-order valence-corrected chi connectivity index (χ2v) is 6.44. The van der Waals surface area contributed by atoms with E-state index in [1.807, 2.05) is 13.8 Å². The van der Waals surface area contributed by atoms with Gasteiger partial charge in [-0.25, -0.2) is 4.68 Å². The maximum atomic E-state index is 8.97. The van der Waals surface area contributed by atoms with Crippen LogP contribution in [0.25, 0.3) is 0 Å². The average Bonchev–Trinajstić information content (AvgIpc) is 2.91. The quantitative estimate of drug-likeness (QED) is 0.487. The molecule has 0 bridgehead atoms. The van der Waals surface area contributed by atoms with Gasteiger partial charge in [-0.15, -0.1) is 5.10 Å². The Morgan fingerprint density at radius 2 is 2.24 bits per heavy atom. The highest BCUT2D eigenvalue weighted by Crippen LogP contribution is 2.23. The first-order valence-electron chi connectivity index (χ1n) is 7.09. The van der Waals surface area contributed by atoms with Gasteiger partial charge in [0.25, 0.3) is 0 Å². The number of rotatable bonds is 11. The summed E-state index contributed by atoms with van der Waals surface area (Å²) in [4.78, 5) is 0. The predicted octanol–water partition coefficient (Wildman–Crippen LogP) is 1.33. The second-order valence-electron chi connectivity index (χ2n) is 5.38. The molecule has 1 heterocycles. The fraction of sp³-hybridized carbons (Fsp3) is 0.846. The highest BCUT2D eigenvalue weighted by atomic mass is 32.2. The van der Waals surface area contributed by atoms with Crippen LogP contribution < -0.4 is 5.32 Å². The topological polar surface area (TPSA) is 88.7 Å². The molecule has 0 atom stereocenters. The number of nitrogens with one attached hydrogen (secondary N) is 1. The van der Waals surface area contributed by atoms with Crippen molar-refractivity contribution >= 4 is 11.8 Å². The van der Waals surface area contributed by atoms with Crippen LogP contribution in [0.5, 0.6) is 0 Å². The number of ether oxygens (including phenoxy) is 1. The molecule has 0 aliphatic carbocycles. The van der Waals surface area contributed by atoms with Crippen molar-refractivity contribution in [3.63, 3.8) is 0 Å². The number of hydrogen-bond donors (Lipinski definition) is 1. The number of methoxy groups -OCH3 is 1. The van der Waals surface area contributed by atoms with Gasteiger partial charge in [0.1, 0.15) is 0 Å². The molecule has 0 saturated heterocycles. The number of nitriles is 1. The minimum atomic E-state index is -0.252. The molecule has 118 valence electrons. The van der Waals surface area contributed by atoms with Gasteiger partial charge in [0.2, 0.25) is 5.16 Å². The highest BCUT2D eigenvalue weighted by molar-refractivity contribution is 7.99.